The van der Waals surface area contributed by atoms with Crippen LogP contribution in [0.5, 0.6) is 0 Å². The Morgan fingerprint density at radius 2 is 2.29 bits per heavy atom. The van der Waals surface area contributed by atoms with Crippen molar-refractivity contribution in [2.75, 3.05) is 12.4 Å². The van der Waals surface area contributed by atoms with Crippen LogP contribution in [-0.2, 0) is 13.6 Å². The van der Waals surface area contributed by atoms with E-state index in [-0.39, 0.29) is 0 Å². The largest absolute Gasteiger partial charge is 0.295 e. The Bertz CT molecular complexity index is 358. The van der Waals surface area contributed by atoms with Gasteiger partial charge in [0.25, 0.3) is 0 Å². The number of aromatic nitrogens is 2. The van der Waals surface area contributed by atoms with Crippen molar-refractivity contribution in [3.63, 3.8) is 0 Å². The number of alkyl halides is 1. The Balaban J connectivity index is 1.98. The van der Waals surface area contributed by atoms with Crippen LogP contribution in [0.2, 0.25) is 0 Å². The van der Waals surface area contributed by atoms with E-state index in [4.69, 9.17) is 11.6 Å². The van der Waals surface area contributed by atoms with E-state index in [1.165, 1.54) is 25.0 Å². The van der Waals surface area contributed by atoms with Crippen LogP contribution in [0.3, 0.4) is 0 Å². The van der Waals surface area contributed by atoms with Crippen molar-refractivity contribution in [3.8, 4) is 0 Å². The summed E-state index contributed by atoms with van der Waals surface area (Å²) in [5.74, 6) is 0.758. The lowest BCUT2D eigenvalue weighted by Crippen LogP contribution is -2.40. The van der Waals surface area contributed by atoms with Crippen molar-refractivity contribution in [3.05, 3.63) is 17.5 Å². The molecule has 1 aromatic rings. The van der Waals surface area contributed by atoms with Gasteiger partial charge in [0, 0.05) is 25.5 Å². The molecule has 2 rings (SSSR count). The highest BCUT2D eigenvalue weighted by Gasteiger charge is 2.25. The molecule has 1 fully saturated rings. The minimum absolute atomic E-state index is 0.758. The first kappa shape index (κ1) is 12.9. The van der Waals surface area contributed by atoms with Crippen LogP contribution in [0.4, 0.5) is 0 Å². The van der Waals surface area contributed by atoms with Crippen molar-refractivity contribution < 1.29 is 0 Å². The Hall–Kier alpha value is -0.540. The van der Waals surface area contributed by atoms with Gasteiger partial charge in [-0.2, -0.15) is 5.10 Å². The minimum Gasteiger partial charge on any atom is -0.295 e. The first-order valence-electron chi connectivity index (χ1n) is 6.50. The second-order valence-corrected chi connectivity index (χ2v) is 5.38. The monoisotopic (exact) mass is 255 g/mol. The van der Waals surface area contributed by atoms with E-state index in [0.717, 1.165) is 37.1 Å². The molecule has 0 aliphatic heterocycles. The van der Waals surface area contributed by atoms with Gasteiger partial charge in [0.15, 0.2) is 0 Å². The van der Waals surface area contributed by atoms with Crippen LogP contribution in [0.15, 0.2) is 6.07 Å². The second kappa shape index (κ2) is 5.87. The number of rotatable bonds is 6. The van der Waals surface area contributed by atoms with Gasteiger partial charge in [0.05, 0.1) is 11.4 Å². The molecule has 96 valence electrons. The van der Waals surface area contributed by atoms with E-state index < -0.39 is 0 Å². The summed E-state index contributed by atoms with van der Waals surface area (Å²) >= 11 is 5.81. The SMILES string of the molecule is Cc1cc(CN(CCCCl)C2CCC2)n(C)n1. The Morgan fingerprint density at radius 1 is 1.53 bits per heavy atom. The molecule has 0 N–H and O–H groups in total. The van der Waals surface area contributed by atoms with Gasteiger partial charge in [0.1, 0.15) is 0 Å². The van der Waals surface area contributed by atoms with Gasteiger partial charge in [-0.1, -0.05) is 6.42 Å². The van der Waals surface area contributed by atoms with Crippen LogP contribution >= 0.6 is 11.6 Å². The van der Waals surface area contributed by atoms with Crippen molar-refractivity contribution >= 4 is 11.6 Å². The second-order valence-electron chi connectivity index (χ2n) is 5.00. The molecule has 1 aliphatic rings. The molecule has 1 aromatic heterocycles. The summed E-state index contributed by atoms with van der Waals surface area (Å²) in [4.78, 5) is 2.57. The van der Waals surface area contributed by atoms with Gasteiger partial charge in [0.2, 0.25) is 0 Å². The van der Waals surface area contributed by atoms with Crippen LogP contribution in [0.25, 0.3) is 0 Å². The summed E-state index contributed by atoms with van der Waals surface area (Å²) in [6.45, 7) is 4.17. The molecule has 17 heavy (non-hydrogen) atoms. The predicted octanol–water partition coefficient (Wildman–Crippen LogP) is 2.71. The van der Waals surface area contributed by atoms with Crippen LogP contribution in [0, 0.1) is 6.92 Å². The van der Waals surface area contributed by atoms with E-state index in [1.54, 1.807) is 0 Å². The summed E-state index contributed by atoms with van der Waals surface area (Å²) in [5.41, 5.74) is 2.41. The third-order valence-corrected chi connectivity index (χ3v) is 3.90. The fraction of sp³-hybridized carbons (Fsp3) is 0.769. The molecule has 0 bridgehead atoms. The molecule has 0 atom stereocenters. The first-order chi connectivity index (χ1) is 8.20. The molecule has 1 saturated carbocycles. The number of aryl methyl sites for hydroxylation is 2. The summed E-state index contributed by atoms with van der Waals surface area (Å²) in [6.07, 6.45) is 5.15. The Morgan fingerprint density at radius 3 is 2.76 bits per heavy atom. The van der Waals surface area contributed by atoms with Crippen LogP contribution < -0.4 is 0 Å². The lowest BCUT2D eigenvalue weighted by molar-refractivity contribution is 0.117. The van der Waals surface area contributed by atoms with Gasteiger partial charge in [-0.3, -0.25) is 9.58 Å². The standard InChI is InChI=1S/C13H22ClN3/c1-11-9-13(16(2)15-11)10-17(8-4-7-14)12-5-3-6-12/h9,12H,3-8,10H2,1-2H3. The lowest BCUT2D eigenvalue weighted by Gasteiger charge is -2.37. The van der Waals surface area contributed by atoms with Crippen LogP contribution in [-0.4, -0.2) is 33.1 Å². The molecule has 0 spiro atoms. The smallest absolute Gasteiger partial charge is 0.0597 e. The lowest BCUT2D eigenvalue weighted by atomic mass is 9.91. The summed E-state index contributed by atoms with van der Waals surface area (Å²) in [7, 11) is 2.03. The van der Waals surface area contributed by atoms with E-state index in [0.29, 0.717) is 0 Å². The van der Waals surface area contributed by atoms with Crippen molar-refractivity contribution in [2.24, 2.45) is 7.05 Å². The topological polar surface area (TPSA) is 21.1 Å². The van der Waals surface area contributed by atoms with E-state index in [9.17, 15) is 0 Å². The van der Waals surface area contributed by atoms with Gasteiger partial charge in [-0.15, -0.1) is 11.6 Å². The van der Waals surface area contributed by atoms with Gasteiger partial charge < -0.3 is 0 Å². The number of hydrogen-bond donors (Lipinski definition) is 0. The molecular formula is C13H22ClN3. The van der Waals surface area contributed by atoms with E-state index in [1.807, 2.05) is 11.7 Å². The summed E-state index contributed by atoms with van der Waals surface area (Å²) in [6, 6.07) is 2.96. The highest BCUT2D eigenvalue weighted by Crippen LogP contribution is 2.26. The highest BCUT2D eigenvalue weighted by molar-refractivity contribution is 6.17. The molecule has 0 aromatic carbocycles. The van der Waals surface area contributed by atoms with Crippen molar-refractivity contribution in [2.45, 2.75) is 45.2 Å². The molecule has 1 heterocycles. The predicted molar refractivity (Wildman–Crippen MR) is 71.3 cm³/mol. The molecular weight excluding hydrogens is 234 g/mol. The zero-order valence-corrected chi connectivity index (χ0v) is 11.6. The zero-order chi connectivity index (χ0) is 12.3. The molecule has 0 amide bonds. The normalized spacial score (nSPS) is 16.5. The third kappa shape index (κ3) is 3.23. The first-order valence-corrected chi connectivity index (χ1v) is 7.03. The Labute approximate surface area is 109 Å². The quantitative estimate of drug-likeness (QED) is 0.729. The highest BCUT2D eigenvalue weighted by atomic mass is 35.5. The van der Waals surface area contributed by atoms with Crippen molar-refractivity contribution in [1.29, 1.82) is 0 Å². The number of nitrogens with zero attached hydrogens (tertiary/aromatic N) is 3. The maximum Gasteiger partial charge on any atom is 0.0597 e. The molecule has 3 nitrogen and oxygen atoms in total. The molecule has 4 heteroatoms. The molecule has 1 aliphatic carbocycles. The summed E-state index contributed by atoms with van der Waals surface area (Å²) < 4.78 is 2.00. The average Bonchev–Trinajstić information content (AvgIpc) is 2.51. The fourth-order valence-corrected chi connectivity index (χ4v) is 2.55. The number of halogens is 1. The maximum absolute atomic E-state index is 5.81. The summed E-state index contributed by atoms with van der Waals surface area (Å²) in [5, 5.41) is 4.41. The van der Waals surface area contributed by atoms with E-state index in [2.05, 4.69) is 23.0 Å². The molecule has 0 saturated heterocycles. The maximum atomic E-state index is 5.81. The average molecular weight is 256 g/mol. The minimum atomic E-state index is 0.758. The van der Waals surface area contributed by atoms with Crippen molar-refractivity contribution in [1.82, 2.24) is 14.7 Å². The van der Waals surface area contributed by atoms with Crippen LogP contribution in [0.1, 0.15) is 37.1 Å². The fourth-order valence-electron chi connectivity index (χ4n) is 2.43. The molecule has 0 unspecified atom stereocenters. The van der Waals surface area contributed by atoms with Gasteiger partial charge in [-0.25, -0.2) is 0 Å². The number of hydrogen-bond acceptors (Lipinski definition) is 2. The zero-order valence-electron chi connectivity index (χ0n) is 10.8. The van der Waals surface area contributed by atoms with Gasteiger partial charge >= 0.3 is 0 Å². The van der Waals surface area contributed by atoms with E-state index >= 15 is 0 Å². The third-order valence-electron chi connectivity index (χ3n) is 3.63. The van der Waals surface area contributed by atoms with Gasteiger partial charge in [-0.05, 0) is 38.8 Å². The molecule has 0 radical (unpaired) electrons. The Kier molecular flexibility index (Phi) is 4.46.